The Morgan fingerprint density at radius 1 is 0.466 bits per heavy atom. The first-order valence-corrected chi connectivity index (χ1v) is 21.3. The minimum absolute atomic E-state index is 0.113. The second-order valence-corrected chi connectivity index (χ2v) is 18.1. The molecule has 276 valence electrons. The van der Waals surface area contributed by atoms with Gasteiger partial charge in [-0.25, -0.2) is 15.0 Å². The van der Waals surface area contributed by atoms with Crippen molar-refractivity contribution in [1.29, 1.82) is 0 Å². The van der Waals surface area contributed by atoms with Crippen LogP contribution in [0.1, 0.15) is 43.2 Å². The molecule has 5 aliphatic carbocycles. The number of nitrogens with zero attached hydrogens (tertiary/aromatic N) is 4. The van der Waals surface area contributed by atoms with Crippen molar-refractivity contribution in [3.05, 3.63) is 169 Å². The minimum Gasteiger partial charge on any atom is -0.308 e. The van der Waals surface area contributed by atoms with Gasteiger partial charge in [0.15, 0.2) is 17.5 Å². The molecule has 4 heteroatoms. The molecule has 0 N–H and O–H groups in total. The fourth-order valence-electron chi connectivity index (χ4n) is 13.9. The Kier molecular flexibility index (Phi) is 6.10. The Balaban J connectivity index is 1.05. The standard InChI is InChI=1S/C54H40N4/c1-3-13-35(14-4-1)50-55-51(36-15-5-2-6-16-36)57-52(56-50)37-17-11-18-38(29-37)58-48-39-19-8-7-12-34(39)22-23-40(48)41-24-25-44-47(49(41)58)42-20-9-10-21-43(42)54(44)45-27-32-26-33-28-46(54)53(45,30-32)31-33/h1-25,29,32-33,45-46H,26-28,30-31H2. The van der Waals surface area contributed by atoms with Gasteiger partial charge in [0.2, 0.25) is 0 Å². The topological polar surface area (TPSA) is 43.6 Å². The zero-order valence-corrected chi connectivity index (χ0v) is 32.1. The lowest BCUT2D eigenvalue weighted by Crippen LogP contribution is -2.62. The highest BCUT2D eigenvalue weighted by atomic mass is 15.0. The first kappa shape index (κ1) is 31.7. The van der Waals surface area contributed by atoms with E-state index in [2.05, 4.69) is 126 Å². The summed E-state index contributed by atoms with van der Waals surface area (Å²) in [7, 11) is 0. The highest BCUT2D eigenvalue weighted by molar-refractivity contribution is 6.22. The van der Waals surface area contributed by atoms with Crippen LogP contribution >= 0.6 is 0 Å². The molecule has 4 nitrogen and oxygen atoms in total. The molecule has 3 bridgehead atoms. The van der Waals surface area contributed by atoms with Gasteiger partial charge < -0.3 is 4.57 Å². The van der Waals surface area contributed by atoms with E-state index >= 15 is 0 Å². The third-order valence-corrected chi connectivity index (χ3v) is 15.6. The molecule has 7 aromatic carbocycles. The number of hydrogen-bond donors (Lipinski definition) is 0. The predicted molar refractivity (Wildman–Crippen MR) is 234 cm³/mol. The van der Waals surface area contributed by atoms with E-state index in [4.69, 9.17) is 15.0 Å². The third kappa shape index (κ3) is 3.89. The van der Waals surface area contributed by atoms with Crippen molar-refractivity contribution in [3.63, 3.8) is 0 Å². The number of hydrogen-bond acceptors (Lipinski definition) is 3. The second-order valence-electron chi connectivity index (χ2n) is 18.1. The lowest BCUT2D eigenvalue weighted by atomic mass is 9.38. The van der Waals surface area contributed by atoms with Gasteiger partial charge >= 0.3 is 0 Å². The molecular formula is C54H40N4. The molecule has 2 spiro atoms. The summed E-state index contributed by atoms with van der Waals surface area (Å²) in [4.78, 5) is 15.3. The van der Waals surface area contributed by atoms with Crippen LogP contribution in [0, 0.1) is 29.1 Å². The van der Waals surface area contributed by atoms with Gasteiger partial charge in [0, 0.05) is 49.5 Å². The third-order valence-electron chi connectivity index (χ3n) is 15.6. The fraction of sp³-hybridized carbons (Fsp3) is 0.204. The molecule has 5 aliphatic rings. The molecule has 9 aromatic rings. The maximum absolute atomic E-state index is 5.16. The van der Waals surface area contributed by atoms with Crippen LogP contribution < -0.4 is 0 Å². The molecule has 4 unspecified atom stereocenters. The summed E-state index contributed by atoms with van der Waals surface area (Å²) in [6, 6.07) is 57.7. The van der Waals surface area contributed by atoms with Crippen molar-refractivity contribution in [2.75, 3.05) is 0 Å². The Labute approximate surface area is 337 Å². The van der Waals surface area contributed by atoms with Crippen LogP contribution in [0.15, 0.2) is 158 Å². The molecule has 4 saturated carbocycles. The molecule has 2 heterocycles. The molecule has 0 saturated heterocycles. The minimum atomic E-state index is 0.113. The molecule has 2 aromatic heterocycles. The molecule has 14 rings (SSSR count). The van der Waals surface area contributed by atoms with E-state index < -0.39 is 0 Å². The summed E-state index contributed by atoms with van der Waals surface area (Å²) in [5, 5.41) is 5.13. The monoisotopic (exact) mass is 744 g/mol. The highest BCUT2D eigenvalue weighted by Gasteiger charge is 2.79. The van der Waals surface area contributed by atoms with Crippen molar-refractivity contribution >= 4 is 32.6 Å². The zero-order chi connectivity index (χ0) is 37.7. The van der Waals surface area contributed by atoms with Crippen molar-refractivity contribution in [1.82, 2.24) is 19.5 Å². The molecule has 4 atom stereocenters. The largest absolute Gasteiger partial charge is 0.308 e. The van der Waals surface area contributed by atoms with Gasteiger partial charge in [-0.3, -0.25) is 0 Å². The number of fused-ring (bicyclic) bond motifs is 15. The fourth-order valence-corrected chi connectivity index (χ4v) is 13.9. The zero-order valence-electron chi connectivity index (χ0n) is 32.1. The van der Waals surface area contributed by atoms with E-state index in [1.165, 1.54) is 75.8 Å². The highest BCUT2D eigenvalue weighted by Crippen LogP contribution is 2.85. The van der Waals surface area contributed by atoms with Crippen molar-refractivity contribution in [3.8, 4) is 51.0 Å². The second kappa shape index (κ2) is 11.2. The summed E-state index contributed by atoms with van der Waals surface area (Å²) in [5.41, 5.74) is 13.4. The van der Waals surface area contributed by atoms with Gasteiger partial charge in [-0.15, -0.1) is 0 Å². The van der Waals surface area contributed by atoms with Crippen molar-refractivity contribution < 1.29 is 0 Å². The van der Waals surface area contributed by atoms with E-state index in [1.807, 2.05) is 36.4 Å². The van der Waals surface area contributed by atoms with Gasteiger partial charge in [-0.05, 0) is 95.4 Å². The number of benzene rings is 7. The molecule has 4 fully saturated rings. The van der Waals surface area contributed by atoms with Crippen molar-refractivity contribution in [2.24, 2.45) is 29.1 Å². The Morgan fingerprint density at radius 3 is 1.81 bits per heavy atom. The van der Waals surface area contributed by atoms with Crippen LogP contribution in [-0.2, 0) is 5.41 Å². The first-order valence-electron chi connectivity index (χ1n) is 21.3. The van der Waals surface area contributed by atoms with E-state index in [9.17, 15) is 0 Å². The average Bonchev–Trinajstić information content (AvgIpc) is 3.94. The predicted octanol–water partition coefficient (Wildman–Crippen LogP) is 12.8. The van der Waals surface area contributed by atoms with Crippen LogP contribution in [0.5, 0.6) is 0 Å². The molecule has 0 aliphatic heterocycles. The summed E-state index contributed by atoms with van der Waals surface area (Å²) in [5.74, 6) is 5.32. The van der Waals surface area contributed by atoms with E-state index in [0.717, 1.165) is 46.0 Å². The summed E-state index contributed by atoms with van der Waals surface area (Å²) in [6.07, 6.45) is 7.20. The van der Waals surface area contributed by atoms with Gasteiger partial charge in [0.25, 0.3) is 0 Å². The maximum atomic E-state index is 5.16. The van der Waals surface area contributed by atoms with Crippen LogP contribution in [-0.4, -0.2) is 19.5 Å². The van der Waals surface area contributed by atoms with Crippen LogP contribution in [0.2, 0.25) is 0 Å². The van der Waals surface area contributed by atoms with E-state index in [0.29, 0.717) is 22.9 Å². The summed E-state index contributed by atoms with van der Waals surface area (Å²) in [6.45, 7) is 0. The maximum Gasteiger partial charge on any atom is 0.164 e. The molecule has 0 amide bonds. The SMILES string of the molecule is c1ccc(-c2nc(-c3ccccc3)nc(-c3cccc(-n4c5c6c(ccc5c5ccc7ccccc7c54)C4(c5ccccc5-6)C5CC6CC7CC4C5(C6)C7)c3)n2)cc1. The van der Waals surface area contributed by atoms with Gasteiger partial charge in [-0.2, -0.15) is 0 Å². The van der Waals surface area contributed by atoms with Crippen LogP contribution in [0.25, 0.3) is 83.6 Å². The average molecular weight is 745 g/mol. The van der Waals surface area contributed by atoms with E-state index in [1.54, 1.807) is 11.1 Å². The Hall–Kier alpha value is -6.39. The Bertz CT molecular complexity index is 3120. The quantitative estimate of drug-likeness (QED) is 0.180. The molecular weight excluding hydrogens is 705 g/mol. The van der Waals surface area contributed by atoms with Crippen molar-refractivity contribution in [2.45, 2.75) is 37.5 Å². The van der Waals surface area contributed by atoms with Crippen LogP contribution in [0.3, 0.4) is 0 Å². The van der Waals surface area contributed by atoms with Gasteiger partial charge in [0.05, 0.1) is 11.0 Å². The van der Waals surface area contributed by atoms with Crippen LogP contribution in [0.4, 0.5) is 0 Å². The van der Waals surface area contributed by atoms with Gasteiger partial charge in [0.1, 0.15) is 0 Å². The summed E-state index contributed by atoms with van der Waals surface area (Å²) < 4.78 is 2.61. The van der Waals surface area contributed by atoms with Gasteiger partial charge in [-0.1, -0.05) is 146 Å². The summed E-state index contributed by atoms with van der Waals surface area (Å²) >= 11 is 0. The molecule has 58 heavy (non-hydrogen) atoms. The number of rotatable bonds is 4. The first-order chi connectivity index (χ1) is 28.7. The Morgan fingerprint density at radius 2 is 1.07 bits per heavy atom. The smallest absolute Gasteiger partial charge is 0.164 e. The molecule has 0 radical (unpaired) electrons. The number of aromatic nitrogens is 4. The normalized spacial score (nSPS) is 25.7. The lowest BCUT2D eigenvalue weighted by molar-refractivity contribution is -0.0820. The van der Waals surface area contributed by atoms with E-state index in [-0.39, 0.29) is 5.41 Å². The lowest BCUT2D eigenvalue weighted by Gasteiger charge is -2.64.